The first kappa shape index (κ1) is 19.5. The van der Waals surface area contributed by atoms with Gasteiger partial charge < -0.3 is 19.5 Å². The average molecular weight is 395 g/mol. The lowest BCUT2D eigenvalue weighted by Gasteiger charge is -2.39. The zero-order valence-electron chi connectivity index (χ0n) is 16.5. The van der Waals surface area contributed by atoms with Crippen LogP contribution in [-0.2, 0) is 16.1 Å². The fourth-order valence-corrected chi connectivity index (χ4v) is 4.05. The van der Waals surface area contributed by atoms with Crippen LogP contribution >= 0.6 is 0 Å². The summed E-state index contributed by atoms with van der Waals surface area (Å²) in [6.45, 7) is 3.84. The van der Waals surface area contributed by atoms with Gasteiger partial charge in [0.05, 0.1) is 23.6 Å². The number of carbonyl (C=O) groups excluding carboxylic acids is 1. The number of carboxylic acids is 1. The van der Waals surface area contributed by atoms with Crippen molar-refractivity contribution in [3.8, 4) is 5.75 Å². The van der Waals surface area contributed by atoms with Crippen LogP contribution < -0.4 is 4.74 Å². The summed E-state index contributed by atoms with van der Waals surface area (Å²) >= 11 is 0. The van der Waals surface area contributed by atoms with Crippen molar-refractivity contribution < 1.29 is 24.2 Å². The number of hydrogen-bond donors (Lipinski definition) is 1. The number of ether oxygens (including phenoxy) is 2. The maximum atomic E-state index is 13.7. The van der Waals surface area contributed by atoms with Gasteiger partial charge in [-0.1, -0.05) is 43.3 Å². The number of fused-ring (bicyclic) bond motifs is 1. The number of benzene rings is 2. The fraction of sp³-hybridized carbons (Fsp3) is 0.391. The normalized spacial score (nSPS) is 20.9. The molecule has 0 aromatic heterocycles. The molecule has 1 amide bonds. The number of aromatic carboxylic acids is 1. The second-order valence-corrected chi connectivity index (χ2v) is 7.97. The molecule has 0 bridgehead atoms. The lowest BCUT2D eigenvalue weighted by Crippen LogP contribution is -2.47. The second-order valence-electron chi connectivity index (χ2n) is 7.97. The Hall–Kier alpha value is -2.86. The smallest absolute Gasteiger partial charge is 0.335 e. The molecule has 2 aliphatic rings. The van der Waals surface area contributed by atoms with E-state index in [4.69, 9.17) is 9.47 Å². The maximum Gasteiger partial charge on any atom is 0.335 e. The van der Waals surface area contributed by atoms with Crippen molar-refractivity contribution in [3.05, 3.63) is 65.2 Å². The predicted octanol–water partition coefficient (Wildman–Crippen LogP) is 3.66. The van der Waals surface area contributed by atoms with Gasteiger partial charge in [-0.2, -0.15) is 0 Å². The van der Waals surface area contributed by atoms with Crippen LogP contribution in [0.5, 0.6) is 5.75 Å². The van der Waals surface area contributed by atoms with E-state index in [1.807, 2.05) is 42.2 Å². The summed E-state index contributed by atoms with van der Waals surface area (Å²) < 4.78 is 11.5. The van der Waals surface area contributed by atoms with E-state index in [1.54, 1.807) is 18.2 Å². The molecule has 2 heterocycles. The van der Waals surface area contributed by atoms with Crippen LogP contribution in [0, 0.1) is 5.41 Å². The van der Waals surface area contributed by atoms with Gasteiger partial charge in [-0.05, 0) is 30.5 Å². The van der Waals surface area contributed by atoms with Crippen molar-refractivity contribution in [2.45, 2.75) is 32.4 Å². The van der Waals surface area contributed by atoms with E-state index in [9.17, 15) is 14.7 Å². The van der Waals surface area contributed by atoms with Crippen molar-refractivity contribution in [1.29, 1.82) is 0 Å². The van der Waals surface area contributed by atoms with Crippen LogP contribution in [0.4, 0.5) is 0 Å². The third kappa shape index (κ3) is 3.85. The molecule has 4 rings (SSSR count). The van der Waals surface area contributed by atoms with Gasteiger partial charge in [-0.3, -0.25) is 4.79 Å². The Morgan fingerprint density at radius 3 is 2.52 bits per heavy atom. The lowest BCUT2D eigenvalue weighted by molar-refractivity contribution is -0.150. The molecule has 0 spiro atoms. The van der Waals surface area contributed by atoms with E-state index < -0.39 is 11.4 Å². The van der Waals surface area contributed by atoms with Gasteiger partial charge in [0, 0.05) is 18.8 Å². The lowest BCUT2D eigenvalue weighted by atomic mass is 9.80. The van der Waals surface area contributed by atoms with Gasteiger partial charge in [-0.15, -0.1) is 0 Å². The molecule has 0 saturated carbocycles. The first-order valence-electron chi connectivity index (χ1n) is 9.91. The van der Waals surface area contributed by atoms with E-state index >= 15 is 0 Å². The molecule has 1 fully saturated rings. The molecule has 6 nitrogen and oxygen atoms in total. The monoisotopic (exact) mass is 395 g/mol. The molecule has 1 saturated heterocycles. The second kappa shape index (κ2) is 7.87. The Bertz CT molecular complexity index is 905. The van der Waals surface area contributed by atoms with E-state index in [0.717, 1.165) is 11.1 Å². The van der Waals surface area contributed by atoms with Gasteiger partial charge in [-0.25, -0.2) is 4.79 Å². The SMILES string of the molecule is CC1(C(=O)N2Cc3ccc(C(=O)O)cc3OC[C@@H]2c2ccccc2)CCOCC1. The van der Waals surface area contributed by atoms with Gasteiger partial charge in [0.1, 0.15) is 12.4 Å². The third-order valence-corrected chi connectivity index (χ3v) is 5.99. The number of amides is 1. The van der Waals surface area contributed by atoms with Crippen LogP contribution in [0.15, 0.2) is 48.5 Å². The molecular formula is C23H25NO5. The molecule has 1 N–H and O–H groups in total. The maximum absolute atomic E-state index is 13.7. The number of carboxylic acid groups (broad SMARTS) is 1. The molecule has 1 atom stereocenters. The first-order valence-corrected chi connectivity index (χ1v) is 9.91. The van der Waals surface area contributed by atoms with Crippen LogP contribution in [0.2, 0.25) is 0 Å². The molecule has 0 radical (unpaired) electrons. The highest BCUT2D eigenvalue weighted by molar-refractivity contribution is 5.88. The summed E-state index contributed by atoms with van der Waals surface area (Å²) in [5, 5.41) is 9.30. The molecule has 152 valence electrons. The van der Waals surface area contributed by atoms with Crippen molar-refractivity contribution in [2.24, 2.45) is 5.41 Å². The molecule has 2 aromatic carbocycles. The molecule has 6 heteroatoms. The topological polar surface area (TPSA) is 76.1 Å². The Kier molecular flexibility index (Phi) is 5.28. The number of hydrogen-bond acceptors (Lipinski definition) is 4. The minimum atomic E-state index is -0.997. The van der Waals surface area contributed by atoms with E-state index in [0.29, 0.717) is 38.3 Å². The third-order valence-electron chi connectivity index (χ3n) is 5.99. The molecular weight excluding hydrogens is 370 g/mol. The largest absolute Gasteiger partial charge is 0.491 e. The molecule has 0 unspecified atom stereocenters. The number of carbonyl (C=O) groups is 2. The van der Waals surface area contributed by atoms with Crippen LogP contribution in [0.3, 0.4) is 0 Å². The van der Waals surface area contributed by atoms with Gasteiger partial charge >= 0.3 is 5.97 Å². The predicted molar refractivity (Wildman–Crippen MR) is 107 cm³/mol. The van der Waals surface area contributed by atoms with E-state index in [-0.39, 0.29) is 24.1 Å². The van der Waals surface area contributed by atoms with Gasteiger partial charge in [0.2, 0.25) is 5.91 Å². The van der Waals surface area contributed by atoms with Crippen LogP contribution in [-0.4, -0.2) is 41.7 Å². The van der Waals surface area contributed by atoms with Crippen molar-refractivity contribution in [2.75, 3.05) is 19.8 Å². The first-order chi connectivity index (χ1) is 14.0. The Morgan fingerprint density at radius 2 is 1.83 bits per heavy atom. The Morgan fingerprint density at radius 1 is 1.10 bits per heavy atom. The molecule has 2 aromatic rings. The van der Waals surface area contributed by atoms with Crippen LogP contribution in [0.25, 0.3) is 0 Å². The Labute approximate surface area is 170 Å². The fourth-order valence-electron chi connectivity index (χ4n) is 4.05. The summed E-state index contributed by atoms with van der Waals surface area (Å²) in [4.78, 5) is 27.0. The van der Waals surface area contributed by atoms with Crippen LogP contribution in [0.1, 0.15) is 47.3 Å². The summed E-state index contributed by atoms with van der Waals surface area (Å²) in [7, 11) is 0. The number of nitrogens with zero attached hydrogens (tertiary/aromatic N) is 1. The molecule has 0 aliphatic carbocycles. The van der Waals surface area contributed by atoms with Crippen molar-refractivity contribution in [1.82, 2.24) is 4.90 Å². The minimum absolute atomic E-state index is 0.0911. The highest BCUT2D eigenvalue weighted by Crippen LogP contribution is 2.39. The van der Waals surface area contributed by atoms with Gasteiger partial charge in [0.15, 0.2) is 0 Å². The quantitative estimate of drug-likeness (QED) is 0.858. The summed E-state index contributed by atoms with van der Waals surface area (Å²) in [6.07, 6.45) is 1.38. The average Bonchev–Trinajstić information content (AvgIpc) is 2.93. The van der Waals surface area contributed by atoms with E-state index in [2.05, 4.69) is 0 Å². The highest BCUT2D eigenvalue weighted by Gasteiger charge is 2.42. The molecule has 29 heavy (non-hydrogen) atoms. The van der Waals surface area contributed by atoms with Gasteiger partial charge in [0.25, 0.3) is 0 Å². The standard InChI is InChI=1S/C23H25NO5/c1-23(9-11-28-12-10-23)22(27)24-14-18-8-7-17(21(25)26)13-20(18)29-15-19(24)16-5-3-2-4-6-16/h2-8,13,19H,9-12,14-15H2,1H3,(H,25,26)/t19-/m1/s1. The molecule has 2 aliphatic heterocycles. The van der Waals surface area contributed by atoms with E-state index in [1.165, 1.54) is 0 Å². The highest BCUT2D eigenvalue weighted by atomic mass is 16.5. The summed E-state index contributed by atoms with van der Waals surface area (Å²) in [6, 6.07) is 14.5. The van der Waals surface area contributed by atoms with Crippen molar-refractivity contribution in [3.63, 3.8) is 0 Å². The summed E-state index contributed by atoms with van der Waals surface area (Å²) in [5.74, 6) is -0.380. The summed E-state index contributed by atoms with van der Waals surface area (Å²) in [5.41, 5.74) is 1.52. The minimum Gasteiger partial charge on any atom is -0.491 e. The zero-order chi connectivity index (χ0) is 20.4. The number of rotatable bonds is 3. The Balaban J connectivity index is 1.72. The van der Waals surface area contributed by atoms with Crippen molar-refractivity contribution >= 4 is 11.9 Å². The zero-order valence-corrected chi connectivity index (χ0v) is 16.5.